The molecular formula is C21H22N2O4S2. The van der Waals surface area contributed by atoms with Crippen LogP contribution in [0.25, 0.3) is 0 Å². The van der Waals surface area contributed by atoms with Crippen molar-refractivity contribution >= 4 is 38.4 Å². The van der Waals surface area contributed by atoms with Crippen LogP contribution in [0, 0.1) is 6.92 Å². The number of aliphatic imine (C=N–C) groups is 1. The van der Waals surface area contributed by atoms with Gasteiger partial charge in [0.25, 0.3) is 5.91 Å². The molecule has 0 saturated carbocycles. The van der Waals surface area contributed by atoms with E-state index in [1.807, 2.05) is 60.4 Å². The molecule has 0 spiro atoms. The van der Waals surface area contributed by atoms with Gasteiger partial charge in [-0.1, -0.05) is 53.7 Å². The van der Waals surface area contributed by atoms with E-state index < -0.39 is 9.84 Å². The zero-order valence-electron chi connectivity index (χ0n) is 16.2. The molecule has 0 aliphatic carbocycles. The number of amides is 1. The predicted molar refractivity (Wildman–Crippen MR) is 117 cm³/mol. The van der Waals surface area contributed by atoms with Gasteiger partial charge in [-0.2, -0.15) is 4.99 Å². The number of rotatable bonds is 4. The number of hydrogen-bond donors (Lipinski definition) is 0. The van der Waals surface area contributed by atoms with Gasteiger partial charge in [-0.15, -0.1) is 0 Å². The summed E-state index contributed by atoms with van der Waals surface area (Å²) in [6.45, 7) is 1.98. The zero-order valence-corrected chi connectivity index (χ0v) is 17.9. The number of methoxy groups -OCH3 is 1. The van der Waals surface area contributed by atoms with Crippen molar-refractivity contribution in [3.8, 4) is 5.75 Å². The number of carbonyl (C=O) groups excluding carboxylic acids is 1. The van der Waals surface area contributed by atoms with E-state index in [9.17, 15) is 13.2 Å². The number of anilines is 1. The van der Waals surface area contributed by atoms with Crippen LogP contribution in [0.3, 0.4) is 0 Å². The fourth-order valence-electron chi connectivity index (χ4n) is 3.82. The maximum absolute atomic E-state index is 12.7. The number of amidine groups is 1. The third kappa shape index (κ3) is 4.18. The number of sulfone groups is 1. The van der Waals surface area contributed by atoms with Gasteiger partial charge in [-0.25, -0.2) is 8.42 Å². The Hall–Kier alpha value is -2.32. The Morgan fingerprint density at radius 2 is 2.00 bits per heavy atom. The molecule has 4 rings (SSSR count). The molecule has 2 aromatic rings. The van der Waals surface area contributed by atoms with Crippen LogP contribution in [0.1, 0.15) is 11.1 Å². The first-order valence-corrected chi connectivity index (χ1v) is 12.0. The lowest BCUT2D eigenvalue weighted by Crippen LogP contribution is -2.38. The largest absolute Gasteiger partial charge is 0.495 e. The van der Waals surface area contributed by atoms with Crippen molar-refractivity contribution in [2.75, 3.05) is 23.5 Å². The third-order valence-electron chi connectivity index (χ3n) is 5.07. The van der Waals surface area contributed by atoms with Crippen LogP contribution in [0.2, 0.25) is 0 Å². The lowest BCUT2D eigenvalue weighted by Gasteiger charge is -2.26. The molecule has 2 heterocycles. The lowest BCUT2D eigenvalue weighted by atomic mass is 10.1. The first-order chi connectivity index (χ1) is 13.9. The van der Waals surface area contributed by atoms with E-state index in [1.54, 1.807) is 7.11 Å². The second-order valence-electron chi connectivity index (χ2n) is 7.30. The highest BCUT2D eigenvalue weighted by atomic mass is 32.2. The van der Waals surface area contributed by atoms with Crippen molar-refractivity contribution in [2.45, 2.75) is 24.6 Å². The molecule has 0 radical (unpaired) electrons. The normalized spacial score (nSPS) is 23.9. The van der Waals surface area contributed by atoms with Gasteiger partial charge in [-0.3, -0.25) is 4.79 Å². The summed E-state index contributed by atoms with van der Waals surface area (Å²) >= 11 is 1.37. The number of ether oxygens (including phenoxy) is 1. The van der Waals surface area contributed by atoms with Crippen LogP contribution in [-0.4, -0.2) is 49.4 Å². The smallest absolute Gasteiger partial charge is 0.252 e. The number of nitrogens with zero attached hydrogens (tertiary/aromatic N) is 2. The van der Waals surface area contributed by atoms with Crippen molar-refractivity contribution in [1.29, 1.82) is 0 Å². The number of fused-ring (bicyclic) bond motifs is 1. The number of benzene rings is 2. The Morgan fingerprint density at radius 3 is 2.76 bits per heavy atom. The highest BCUT2D eigenvalue weighted by Crippen LogP contribution is 2.43. The van der Waals surface area contributed by atoms with E-state index in [2.05, 4.69) is 4.99 Å². The van der Waals surface area contributed by atoms with Crippen LogP contribution in [0.15, 0.2) is 53.5 Å². The number of aryl methyl sites for hydroxylation is 1. The average molecular weight is 431 g/mol. The highest BCUT2D eigenvalue weighted by Gasteiger charge is 2.50. The molecule has 1 amide bonds. The third-order valence-corrected chi connectivity index (χ3v) is 8.28. The minimum Gasteiger partial charge on any atom is -0.495 e. The van der Waals surface area contributed by atoms with E-state index in [1.165, 1.54) is 11.8 Å². The van der Waals surface area contributed by atoms with E-state index >= 15 is 0 Å². The number of thioether (sulfide) groups is 1. The van der Waals surface area contributed by atoms with Gasteiger partial charge in [0.05, 0.1) is 36.8 Å². The fourth-order valence-corrected chi connectivity index (χ4v) is 7.74. The van der Waals surface area contributed by atoms with Crippen LogP contribution in [-0.2, 0) is 21.1 Å². The Bertz CT molecular complexity index is 1080. The van der Waals surface area contributed by atoms with Gasteiger partial charge >= 0.3 is 0 Å². The molecule has 2 atom stereocenters. The first-order valence-electron chi connectivity index (χ1n) is 9.33. The topological polar surface area (TPSA) is 76.0 Å². The van der Waals surface area contributed by atoms with Crippen LogP contribution >= 0.6 is 11.8 Å². The summed E-state index contributed by atoms with van der Waals surface area (Å²) in [5.74, 6) is 0.519. The van der Waals surface area contributed by atoms with Crippen LogP contribution in [0.4, 0.5) is 5.69 Å². The summed E-state index contributed by atoms with van der Waals surface area (Å²) in [5, 5.41) is 0.396. The van der Waals surface area contributed by atoms with E-state index in [-0.39, 0.29) is 35.1 Å². The molecule has 0 N–H and O–H groups in total. The average Bonchev–Trinajstić information content (AvgIpc) is 3.12. The molecule has 0 bridgehead atoms. The van der Waals surface area contributed by atoms with Crippen LogP contribution in [0.5, 0.6) is 5.75 Å². The van der Waals surface area contributed by atoms with E-state index in [0.29, 0.717) is 10.9 Å². The van der Waals surface area contributed by atoms with Crippen molar-refractivity contribution < 1.29 is 17.9 Å². The fraction of sp³-hybridized carbons (Fsp3) is 0.333. The first kappa shape index (κ1) is 20.0. The minimum absolute atomic E-state index is 0.0494. The summed E-state index contributed by atoms with van der Waals surface area (Å²) in [6.07, 6.45) is 0.207. The number of hydrogen-bond acceptors (Lipinski definition) is 5. The van der Waals surface area contributed by atoms with E-state index in [4.69, 9.17) is 4.74 Å². The van der Waals surface area contributed by atoms with Crippen molar-refractivity contribution in [3.63, 3.8) is 0 Å². The van der Waals surface area contributed by atoms with Crippen molar-refractivity contribution in [1.82, 2.24) is 0 Å². The van der Waals surface area contributed by atoms with Gasteiger partial charge in [-0.05, 0) is 24.6 Å². The molecule has 29 heavy (non-hydrogen) atoms. The Labute approximate surface area is 174 Å². The molecule has 2 aromatic carbocycles. The maximum Gasteiger partial charge on any atom is 0.252 e. The molecule has 2 saturated heterocycles. The lowest BCUT2D eigenvalue weighted by molar-refractivity contribution is -0.117. The van der Waals surface area contributed by atoms with Crippen LogP contribution < -0.4 is 9.64 Å². The summed E-state index contributed by atoms with van der Waals surface area (Å²) in [6, 6.07) is 14.9. The molecule has 2 aliphatic heterocycles. The Morgan fingerprint density at radius 1 is 1.21 bits per heavy atom. The molecule has 2 aliphatic rings. The van der Waals surface area contributed by atoms with E-state index in [0.717, 1.165) is 16.8 Å². The second-order valence-corrected chi connectivity index (χ2v) is 10.7. The summed E-state index contributed by atoms with van der Waals surface area (Å²) in [5.41, 5.74) is 2.73. The van der Waals surface area contributed by atoms with Gasteiger partial charge in [0, 0.05) is 5.25 Å². The minimum atomic E-state index is -3.11. The second kappa shape index (κ2) is 7.84. The molecule has 152 valence electrons. The monoisotopic (exact) mass is 430 g/mol. The SMILES string of the molecule is COc1ccccc1N1C(=NC(=O)Cc2cccc(C)c2)S[C@@H]2CS(=O)(=O)C[C@@H]21. The molecule has 0 aromatic heterocycles. The highest BCUT2D eigenvalue weighted by molar-refractivity contribution is 8.16. The molecule has 6 nitrogen and oxygen atoms in total. The molecule has 8 heteroatoms. The summed E-state index contributed by atoms with van der Waals surface area (Å²) in [7, 11) is -1.54. The molecule has 0 unspecified atom stereocenters. The Balaban J connectivity index is 1.68. The quantitative estimate of drug-likeness (QED) is 0.743. The Kier molecular flexibility index (Phi) is 5.40. The van der Waals surface area contributed by atoms with Crippen molar-refractivity contribution in [3.05, 3.63) is 59.7 Å². The van der Waals surface area contributed by atoms with Gasteiger partial charge in [0.2, 0.25) is 0 Å². The summed E-state index contributed by atoms with van der Waals surface area (Å²) in [4.78, 5) is 18.9. The van der Waals surface area contributed by atoms with Gasteiger partial charge in [0.1, 0.15) is 5.75 Å². The predicted octanol–water partition coefficient (Wildman–Crippen LogP) is 2.85. The number of carbonyl (C=O) groups is 1. The zero-order chi connectivity index (χ0) is 20.6. The van der Waals surface area contributed by atoms with Gasteiger partial charge < -0.3 is 9.64 Å². The summed E-state index contributed by atoms with van der Waals surface area (Å²) < 4.78 is 29.9. The number of para-hydroxylation sites is 2. The van der Waals surface area contributed by atoms with Gasteiger partial charge in [0.15, 0.2) is 15.0 Å². The maximum atomic E-state index is 12.7. The molecular weight excluding hydrogens is 408 g/mol. The molecule has 2 fully saturated rings. The van der Waals surface area contributed by atoms with Crippen molar-refractivity contribution in [2.24, 2.45) is 4.99 Å². The standard InChI is InChI=1S/C21H22N2O4S2/c1-14-6-5-7-15(10-14)11-20(24)22-21-23(16-8-3-4-9-18(16)27-2)17-12-29(25,26)13-19(17)28-21/h3-10,17,19H,11-13H2,1-2H3/t17-,19+/m0/s1.